The molecule has 0 spiro atoms. The Morgan fingerprint density at radius 2 is 0.650 bits per heavy atom. The summed E-state index contributed by atoms with van der Waals surface area (Å²) >= 11 is 5.03. The van der Waals surface area contributed by atoms with E-state index < -0.39 is 51.5 Å². The zero-order valence-corrected chi connectivity index (χ0v) is 34.5. The number of carboxylic acid groups (broad SMARTS) is 2. The molecule has 242 valence electrons. The van der Waals surface area contributed by atoms with Gasteiger partial charge in [-0.3, -0.25) is 0 Å². The minimum absolute atomic E-state index is 0.125. The maximum Gasteiger partial charge on any atom is 0.0662 e. The van der Waals surface area contributed by atoms with Gasteiger partial charge in [-0.2, -0.15) is 25.3 Å². The van der Waals surface area contributed by atoms with Crippen molar-refractivity contribution >= 4 is 76.7 Å². The molecular formula is C30H66O6S2Sn2. The molecule has 0 aromatic heterocycles. The smallest absolute Gasteiger partial charge is 0.0662 e. The third-order valence-electron chi connectivity index (χ3n) is 5.66. The van der Waals surface area contributed by atoms with Crippen molar-refractivity contribution in [3.63, 3.8) is 0 Å². The maximum atomic E-state index is 9.18. The summed E-state index contributed by atoms with van der Waals surface area (Å²) in [5.41, 5.74) is 0. The van der Waals surface area contributed by atoms with Crippen LogP contribution in [0.4, 0.5) is 0 Å². The monoisotopic (exact) mass is 826 g/mol. The number of thiol groups is 2. The van der Waals surface area contributed by atoms with E-state index in [-0.39, 0.29) is 24.7 Å². The quantitative estimate of drug-likeness (QED) is 0.0826. The van der Waals surface area contributed by atoms with Crippen LogP contribution in [0.25, 0.3) is 0 Å². The second-order valence-corrected chi connectivity index (χ2v) is 27.4. The first-order valence-electron chi connectivity index (χ1n) is 15.7. The molecule has 0 unspecified atom stereocenters. The van der Waals surface area contributed by atoms with Gasteiger partial charge in [-0.25, -0.2) is 0 Å². The largest absolute Gasteiger partial charge is 0.549 e. The van der Waals surface area contributed by atoms with Gasteiger partial charge in [0.05, 0.1) is 25.2 Å². The fraction of sp³-hybridized carbons (Fsp3) is 0.933. The Balaban J connectivity index is -0.000000140. The predicted molar refractivity (Wildman–Crippen MR) is 182 cm³/mol. The van der Waals surface area contributed by atoms with Gasteiger partial charge >= 0.3 is 185 Å². The molecule has 40 heavy (non-hydrogen) atoms. The van der Waals surface area contributed by atoms with Crippen LogP contribution in [0.15, 0.2) is 0 Å². The van der Waals surface area contributed by atoms with Crippen LogP contribution in [-0.4, -0.2) is 86.4 Å². The Kier molecular flexibility index (Phi) is 63.2. The molecule has 0 heterocycles. The van der Waals surface area contributed by atoms with Crippen molar-refractivity contribution in [1.29, 1.82) is 0 Å². The van der Waals surface area contributed by atoms with Gasteiger partial charge in [0.1, 0.15) is 0 Å². The van der Waals surface area contributed by atoms with Crippen LogP contribution in [0.3, 0.4) is 0 Å². The summed E-state index contributed by atoms with van der Waals surface area (Å²) < 4.78 is 10.1. The molecule has 0 saturated carbocycles. The number of hydrogen-bond donors (Lipinski definition) is 4. The molecule has 0 aliphatic carbocycles. The standard InChI is InChI=1S/6C4H9.2C2H4O2S.C2H6O2.2Sn/c6*1-3-4-2;2*3-2(4)1-5;3-1-2-4;;/h6*1,3-4H2,2H3;2*5H,1H2,(H,3,4);3-4H,1-2H2;;/q;;;;;;;;;2*+1/p-2. The number of carbonyl (C=O) groups is 2. The van der Waals surface area contributed by atoms with Crippen LogP contribution in [0, 0.1) is 0 Å². The van der Waals surface area contributed by atoms with Crippen molar-refractivity contribution in [2.75, 3.05) is 24.7 Å². The van der Waals surface area contributed by atoms with E-state index in [1.165, 1.54) is 77.0 Å². The van der Waals surface area contributed by atoms with E-state index in [1.54, 1.807) is 26.6 Å². The summed E-state index contributed by atoms with van der Waals surface area (Å²) in [6, 6.07) is 0. The van der Waals surface area contributed by atoms with Crippen LogP contribution >= 0.6 is 25.3 Å². The molecule has 0 aliphatic rings. The van der Waals surface area contributed by atoms with Crippen molar-refractivity contribution < 1.29 is 30.0 Å². The number of aliphatic hydroxyl groups is 2. The topological polar surface area (TPSA) is 121 Å². The van der Waals surface area contributed by atoms with Gasteiger partial charge in [-0.15, -0.1) is 0 Å². The zero-order chi connectivity index (χ0) is 31.9. The molecule has 0 amide bonds. The number of rotatable bonds is 21. The number of carboxylic acids is 2. The van der Waals surface area contributed by atoms with E-state index in [4.69, 9.17) is 10.2 Å². The number of carbonyl (C=O) groups excluding carboxylic acids is 2. The number of aliphatic carboxylic acids is 2. The van der Waals surface area contributed by atoms with E-state index >= 15 is 0 Å². The molecular weight excluding hydrogens is 758 g/mol. The fourth-order valence-electron chi connectivity index (χ4n) is 3.31. The summed E-state index contributed by atoms with van der Waals surface area (Å²) in [4.78, 5) is 18.4. The van der Waals surface area contributed by atoms with Gasteiger partial charge in [-0.05, 0) is 0 Å². The second kappa shape index (κ2) is 49.8. The third-order valence-corrected chi connectivity index (χ3v) is 24.3. The maximum absolute atomic E-state index is 9.18. The van der Waals surface area contributed by atoms with Crippen molar-refractivity contribution in [1.82, 2.24) is 0 Å². The summed E-state index contributed by atoms with van der Waals surface area (Å²) in [7, 11) is 0. The van der Waals surface area contributed by atoms with Crippen LogP contribution in [0.5, 0.6) is 0 Å². The van der Waals surface area contributed by atoms with Crippen molar-refractivity contribution in [3.8, 4) is 0 Å². The van der Waals surface area contributed by atoms with Gasteiger partial charge < -0.3 is 30.0 Å². The van der Waals surface area contributed by atoms with Crippen LogP contribution < -0.4 is 10.2 Å². The minimum atomic E-state index is -1.13. The molecule has 6 nitrogen and oxygen atoms in total. The van der Waals surface area contributed by atoms with Gasteiger partial charge in [-0.1, -0.05) is 0 Å². The van der Waals surface area contributed by atoms with Crippen molar-refractivity contribution in [2.45, 2.75) is 145 Å². The average molecular weight is 824 g/mol. The van der Waals surface area contributed by atoms with Gasteiger partial charge in [0.25, 0.3) is 0 Å². The Hall–Kier alpha value is 1.16. The zero-order valence-electron chi connectivity index (χ0n) is 27.0. The SMILES string of the molecule is CCC[CH2][Sn+]([CH2]CCC)[CH2]CCC.CCC[CH2][Sn+]([CH2]CCC)[CH2]CCC.O=C([O-])CS.O=C([O-])CS.OCCO. The summed E-state index contributed by atoms with van der Waals surface area (Å²) in [6.07, 6.45) is 17.7. The third kappa shape index (κ3) is 62.7. The van der Waals surface area contributed by atoms with E-state index in [0.29, 0.717) is 0 Å². The molecule has 0 radical (unpaired) electrons. The van der Waals surface area contributed by atoms with Crippen LogP contribution in [0.1, 0.15) is 119 Å². The normalized spacial score (nSPS) is 9.35. The molecule has 0 fully saturated rings. The summed E-state index contributed by atoms with van der Waals surface area (Å²) in [5.74, 6) is -2.65. The molecule has 0 saturated heterocycles. The Morgan fingerprint density at radius 1 is 0.500 bits per heavy atom. The Morgan fingerprint density at radius 3 is 0.725 bits per heavy atom. The average Bonchev–Trinajstić information content (AvgIpc) is 2.97. The number of hydrogen-bond acceptors (Lipinski definition) is 8. The molecule has 2 N–H and O–H groups in total. The van der Waals surface area contributed by atoms with E-state index in [1.807, 2.05) is 0 Å². The first-order chi connectivity index (χ1) is 19.1. The number of aliphatic hydroxyl groups excluding tert-OH is 2. The second-order valence-electron chi connectivity index (χ2n) is 9.63. The summed E-state index contributed by atoms with van der Waals surface area (Å²) in [6.45, 7) is 13.8. The van der Waals surface area contributed by atoms with Crippen LogP contribution in [-0.2, 0) is 9.59 Å². The molecule has 0 bridgehead atoms. The van der Waals surface area contributed by atoms with Crippen molar-refractivity contribution in [2.24, 2.45) is 0 Å². The molecule has 0 aromatic carbocycles. The Labute approximate surface area is 274 Å². The molecule has 0 aromatic rings. The first kappa shape index (κ1) is 50.8. The van der Waals surface area contributed by atoms with E-state index in [0.717, 1.165) is 0 Å². The van der Waals surface area contributed by atoms with Gasteiger partial charge in [0, 0.05) is 11.5 Å². The summed E-state index contributed by atoms with van der Waals surface area (Å²) in [5, 5.41) is 33.6. The molecule has 0 aliphatic heterocycles. The van der Waals surface area contributed by atoms with Crippen LogP contribution in [0.2, 0.25) is 26.6 Å². The number of unbranched alkanes of at least 4 members (excludes halogenated alkanes) is 6. The molecule has 0 atom stereocenters. The van der Waals surface area contributed by atoms with E-state index in [9.17, 15) is 19.8 Å². The fourth-order valence-corrected chi connectivity index (χ4v) is 22.2. The molecule has 0 rings (SSSR count). The predicted octanol–water partition coefficient (Wildman–Crippen LogP) is 6.07. The van der Waals surface area contributed by atoms with Crippen molar-refractivity contribution in [3.05, 3.63) is 0 Å². The minimum Gasteiger partial charge on any atom is -0.549 e. The van der Waals surface area contributed by atoms with E-state index in [2.05, 4.69) is 66.8 Å². The van der Waals surface area contributed by atoms with Gasteiger partial charge in [0.2, 0.25) is 0 Å². The molecule has 10 heteroatoms. The Bertz CT molecular complexity index is 386. The first-order valence-corrected chi connectivity index (χ1v) is 29.0. The van der Waals surface area contributed by atoms with Gasteiger partial charge in [0.15, 0.2) is 0 Å².